The van der Waals surface area contributed by atoms with Crippen LogP contribution in [0.2, 0.25) is 0 Å². The number of hydrogen-bond donors (Lipinski definition) is 5. The van der Waals surface area contributed by atoms with Crippen LogP contribution in [-0.4, -0.2) is 110 Å². The molecule has 0 unspecified atom stereocenters. The lowest BCUT2D eigenvalue weighted by Crippen LogP contribution is -2.30. The molecule has 0 spiro atoms. The van der Waals surface area contributed by atoms with E-state index in [9.17, 15) is 9.59 Å². The molecule has 2 saturated heterocycles. The van der Waals surface area contributed by atoms with E-state index in [4.69, 9.17) is 24.2 Å². The van der Waals surface area contributed by atoms with Gasteiger partial charge in [-0.3, -0.25) is 14.4 Å². The predicted molar refractivity (Wildman–Crippen MR) is 272 cm³/mol. The molecule has 66 heavy (non-hydrogen) atoms. The number of aldehydes is 1. The molecular formula is C52H79N7O7. The van der Waals surface area contributed by atoms with Crippen LogP contribution in [0.5, 0.6) is 5.75 Å². The summed E-state index contributed by atoms with van der Waals surface area (Å²) in [5.74, 6) is 1.91. The minimum absolute atomic E-state index is 0.125. The maximum atomic E-state index is 11.0. The fraction of sp³-hybridized carbons (Fsp3) is 0.442. The van der Waals surface area contributed by atoms with Crippen LogP contribution in [0.3, 0.4) is 0 Å². The van der Waals surface area contributed by atoms with Crippen molar-refractivity contribution in [3.8, 4) is 16.9 Å². The summed E-state index contributed by atoms with van der Waals surface area (Å²) in [6.07, 6.45) is 16.2. The van der Waals surface area contributed by atoms with Gasteiger partial charge in [0, 0.05) is 42.9 Å². The lowest BCUT2D eigenvalue weighted by Gasteiger charge is -2.31. The standard InChI is InChI=1S/C29H27N3O.C7H13NO2.C5H11N.C3H7NO.2C3H8.CH3NO.CH2O2/c1-5-30-17-19(2)20-6-8-21(9-7-20)28-16-29(3,4)24-14-22(11-13-27(24)33-28)23-10-12-25-26(15-23)32-18-31-25;1-10-6-7(9)8-4-2-3-5-8;1-6-4-2-3-5-6;1-4-2-3-5;2*1-3-2;2*2-1-3/h5-18,30H,1H2,2-4H3,(H,31,32);2-6H2,1H3;2-5H2,1H3;3-4H,2H2,1H3;2*3H2,1-2H3;1H,(H2,2,3);1H,(H,2,3)/b19-17+;;;;;;;. The SMILES string of the molecule is C=CN/C=C(\C)c1ccc(C2=CC(C)(C)c3cc(-c4ccc5nc[nH]c5c4)ccc3O2)cc1.CCC.CCC.CN1CCCC1.CNCC=O.COCC(=O)N1CCCC1.NC=O.O=CO. The van der Waals surface area contributed by atoms with Gasteiger partial charge < -0.3 is 50.5 Å². The summed E-state index contributed by atoms with van der Waals surface area (Å²) < 4.78 is 11.1. The molecule has 3 aliphatic heterocycles. The van der Waals surface area contributed by atoms with Crippen molar-refractivity contribution in [3.63, 3.8) is 0 Å². The van der Waals surface area contributed by atoms with Crippen molar-refractivity contribution in [3.05, 3.63) is 109 Å². The highest BCUT2D eigenvalue weighted by atomic mass is 16.5. The molecule has 4 heterocycles. The van der Waals surface area contributed by atoms with E-state index in [0.29, 0.717) is 6.54 Å². The van der Waals surface area contributed by atoms with Gasteiger partial charge >= 0.3 is 0 Å². The first-order valence-corrected chi connectivity index (χ1v) is 22.7. The minimum atomic E-state index is -0.250. The molecule has 0 aliphatic carbocycles. The van der Waals surface area contributed by atoms with Gasteiger partial charge in [0.05, 0.1) is 23.9 Å². The number of ether oxygens (including phenoxy) is 2. The number of methoxy groups -OCH3 is 1. The molecule has 0 bridgehead atoms. The molecule has 14 nitrogen and oxygen atoms in total. The Balaban J connectivity index is 0.00000104. The molecule has 0 saturated carbocycles. The number of rotatable bonds is 9. The van der Waals surface area contributed by atoms with Gasteiger partial charge in [0.15, 0.2) is 0 Å². The number of aromatic nitrogens is 2. The van der Waals surface area contributed by atoms with Gasteiger partial charge in [0.1, 0.15) is 24.4 Å². The van der Waals surface area contributed by atoms with Crippen LogP contribution < -0.4 is 21.1 Å². The average Bonchev–Trinajstić information content (AvgIpc) is 4.12. The summed E-state index contributed by atoms with van der Waals surface area (Å²) >= 11 is 0. The zero-order valence-corrected chi connectivity index (χ0v) is 41.3. The largest absolute Gasteiger partial charge is 0.483 e. The van der Waals surface area contributed by atoms with Crippen molar-refractivity contribution in [2.75, 3.05) is 60.5 Å². The van der Waals surface area contributed by atoms with E-state index in [2.05, 4.69) is 154 Å². The zero-order valence-electron chi connectivity index (χ0n) is 41.3. The van der Waals surface area contributed by atoms with Gasteiger partial charge in [-0.15, -0.1) is 0 Å². The van der Waals surface area contributed by atoms with Gasteiger partial charge in [0.2, 0.25) is 12.3 Å². The van der Waals surface area contributed by atoms with Gasteiger partial charge in [-0.05, 0) is 119 Å². The number of fused-ring (bicyclic) bond motifs is 2. The van der Waals surface area contributed by atoms with E-state index in [1.165, 1.54) is 49.9 Å². The molecule has 2 fully saturated rings. The highest BCUT2D eigenvalue weighted by Crippen LogP contribution is 2.43. The second-order valence-electron chi connectivity index (χ2n) is 15.9. The number of benzene rings is 3. The highest BCUT2D eigenvalue weighted by molar-refractivity contribution is 5.82. The monoisotopic (exact) mass is 914 g/mol. The minimum Gasteiger partial charge on any atom is -0.483 e. The molecule has 3 aromatic carbocycles. The van der Waals surface area contributed by atoms with Gasteiger partial charge in [-0.25, -0.2) is 4.98 Å². The number of carbonyl (C=O) groups is 4. The van der Waals surface area contributed by atoms with Crippen LogP contribution in [0.25, 0.3) is 33.5 Å². The van der Waals surface area contributed by atoms with E-state index in [-0.39, 0.29) is 30.8 Å². The van der Waals surface area contributed by atoms with Crippen molar-refractivity contribution >= 4 is 47.4 Å². The van der Waals surface area contributed by atoms with E-state index in [1.54, 1.807) is 26.7 Å². The van der Waals surface area contributed by atoms with Crippen molar-refractivity contribution in [2.24, 2.45) is 5.73 Å². The van der Waals surface area contributed by atoms with Gasteiger partial charge in [-0.2, -0.15) is 0 Å². The number of hydrogen-bond acceptors (Lipinski definition) is 10. The summed E-state index contributed by atoms with van der Waals surface area (Å²) in [7, 11) is 5.45. The number of nitrogens with zero attached hydrogens (tertiary/aromatic N) is 3. The second kappa shape index (κ2) is 36.2. The zero-order chi connectivity index (χ0) is 49.8. The number of carboxylic acid groups (broad SMARTS) is 1. The molecule has 1 aromatic heterocycles. The lowest BCUT2D eigenvalue weighted by molar-refractivity contribution is -0.134. The van der Waals surface area contributed by atoms with Crippen LogP contribution in [0.1, 0.15) is 104 Å². The number of nitrogens with one attached hydrogen (secondary N) is 3. The number of H-pyrrole nitrogens is 1. The van der Waals surface area contributed by atoms with Crippen molar-refractivity contribution in [2.45, 2.75) is 92.4 Å². The molecule has 0 atom stereocenters. The number of aromatic amines is 1. The normalized spacial score (nSPS) is 13.9. The fourth-order valence-corrected chi connectivity index (χ4v) is 6.42. The number of amides is 2. The molecule has 364 valence electrons. The quantitative estimate of drug-likeness (QED) is 0.101. The molecular weight excluding hydrogens is 835 g/mol. The molecule has 0 radical (unpaired) electrons. The molecule has 3 aliphatic rings. The third-order valence-electron chi connectivity index (χ3n) is 9.53. The van der Waals surface area contributed by atoms with Crippen molar-refractivity contribution < 1.29 is 33.8 Å². The molecule has 4 aromatic rings. The Bertz CT molecular complexity index is 2010. The molecule has 2 amide bonds. The van der Waals surface area contributed by atoms with Crippen molar-refractivity contribution in [1.29, 1.82) is 0 Å². The van der Waals surface area contributed by atoms with Crippen molar-refractivity contribution in [1.82, 2.24) is 30.4 Å². The Kier molecular flexibility index (Phi) is 32.8. The van der Waals surface area contributed by atoms with E-state index >= 15 is 0 Å². The number of likely N-dealkylation sites (N-methyl/N-ethyl adjacent to an activating group) is 1. The Morgan fingerprint density at radius 3 is 1.94 bits per heavy atom. The highest BCUT2D eigenvalue weighted by Gasteiger charge is 2.29. The smallest absolute Gasteiger partial charge is 0.290 e. The van der Waals surface area contributed by atoms with Gasteiger partial charge in [0.25, 0.3) is 6.47 Å². The summed E-state index contributed by atoms with van der Waals surface area (Å²) in [6.45, 7) is 23.6. The molecule has 6 N–H and O–H groups in total. The maximum absolute atomic E-state index is 11.0. The number of primary amides is 1. The third kappa shape index (κ3) is 23.2. The number of likely N-dealkylation sites (tertiary alicyclic amines) is 2. The topological polar surface area (TPSA) is 192 Å². The Hall–Kier alpha value is -6.09. The van der Waals surface area contributed by atoms with Crippen LogP contribution in [-0.2, 0) is 29.3 Å². The predicted octanol–water partition coefficient (Wildman–Crippen LogP) is 9.04. The number of imidazole rings is 1. The average molecular weight is 914 g/mol. The van der Waals surface area contributed by atoms with Crippen LogP contribution in [0.4, 0.5) is 0 Å². The molecule has 14 heteroatoms. The van der Waals surface area contributed by atoms with Crippen LogP contribution in [0, 0.1) is 0 Å². The fourth-order valence-electron chi connectivity index (χ4n) is 6.42. The summed E-state index contributed by atoms with van der Waals surface area (Å²) in [5.41, 5.74) is 12.9. The Morgan fingerprint density at radius 1 is 0.924 bits per heavy atom. The van der Waals surface area contributed by atoms with E-state index < -0.39 is 0 Å². The van der Waals surface area contributed by atoms with E-state index in [0.717, 1.165) is 77.0 Å². The second-order valence-corrected chi connectivity index (χ2v) is 15.9. The number of nitrogens with two attached hydrogens (primary N) is 1. The lowest BCUT2D eigenvalue weighted by atomic mass is 9.80. The van der Waals surface area contributed by atoms with Crippen LogP contribution in [0.15, 0.2) is 92.0 Å². The molecule has 7 rings (SSSR count). The first-order valence-electron chi connectivity index (χ1n) is 22.7. The van der Waals surface area contributed by atoms with E-state index in [1.807, 2.05) is 17.2 Å². The summed E-state index contributed by atoms with van der Waals surface area (Å²) in [6, 6.07) is 21.2. The third-order valence-corrected chi connectivity index (χ3v) is 9.53. The number of allylic oxidation sites excluding steroid dienone is 2. The van der Waals surface area contributed by atoms with Gasteiger partial charge in [-0.1, -0.05) is 97.4 Å². The maximum Gasteiger partial charge on any atom is 0.290 e. The first kappa shape index (κ1) is 59.9. The Morgan fingerprint density at radius 2 is 1.45 bits per heavy atom. The summed E-state index contributed by atoms with van der Waals surface area (Å²) in [5, 5.41) is 12.6. The van der Waals surface area contributed by atoms with Crippen LogP contribution >= 0.6 is 0 Å². The Labute approximate surface area is 394 Å². The first-order chi connectivity index (χ1) is 31.7. The summed E-state index contributed by atoms with van der Waals surface area (Å²) in [4.78, 5) is 49.1. The number of carbonyl (C=O) groups excluding carboxylic acids is 3.